The lowest BCUT2D eigenvalue weighted by molar-refractivity contribution is -0.757. The number of allylic oxidation sites excluding steroid dienone is 2. The van der Waals surface area contributed by atoms with Gasteiger partial charge in [-0.3, -0.25) is 0 Å². The van der Waals surface area contributed by atoms with E-state index in [1.807, 2.05) is 52.0 Å². The van der Waals surface area contributed by atoms with E-state index in [0.29, 0.717) is 18.8 Å². The van der Waals surface area contributed by atoms with Crippen molar-refractivity contribution >= 4 is 5.69 Å². The first-order valence-corrected chi connectivity index (χ1v) is 7.49. The Morgan fingerprint density at radius 3 is 2.26 bits per heavy atom. The predicted octanol–water partition coefficient (Wildman–Crippen LogP) is 4.83. The molecule has 0 radical (unpaired) electrons. The van der Waals surface area contributed by atoms with Gasteiger partial charge in [-0.15, -0.1) is 16.7 Å². The fraction of sp³-hybridized carbons (Fsp3) is 0.412. The van der Waals surface area contributed by atoms with Crippen LogP contribution >= 0.6 is 0 Å². The Morgan fingerprint density at radius 1 is 1.30 bits per heavy atom. The zero-order valence-electron chi connectivity index (χ0n) is 14.5. The van der Waals surface area contributed by atoms with Gasteiger partial charge in [0.05, 0.1) is 13.2 Å². The number of hydrogen-bond acceptors (Lipinski definition) is 5. The normalized spacial score (nSPS) is 8.35. The first kappa shape index (κ1) is 22.8. The summed E-state index contributed by atoms with van der Waals surface area (Å²) < 4.78 is 5.39. The second-order valence-electron chi connectivity index (χ2n) is 4.10. The van der Waals surface area contributed by atoms with Crippen molar-refractivity contribution in [2.45, 2.75) is 34.1 Å². The van der Waals surface area contributed by atoms with Crippen LogP contribution in [-0.4, -0.2) is 18.3 Å². The summed E-state index contributed by atoms with van der Waals surface area (Å²) in [5.41, 5.74) is 1.80. The van der Waals surface area contributed by atoms with Crippen molar-refractivity contribution < 1.29 is 14.7 Å². The van der Waals surface area contributed by atoms with Gasteiger partial charge in [0.15, 0.2) is 0 Å². The summed E-state index contributed by atoms with van der Waals surface area (Å²) in [7, 11) is 0. The van der Waals surface area contributed by atoms with Gasteiger partial charge in [-0.05, 0) is 38.1 Å². The quantitative estimate of drug-likeness (QED) is 0.321. The van der Waals surface area contributed by atoms with Crippen LogP contribution in [0.3, 0.4) is 0 Å². The van der Waals surface area contributed by atoms with Gasteiger partial charge in [-0.2, -0.15) is 0 Å². The fourth-order valence-electron chi connectivity index (χ4n) is 1.27. The average Bonchev–Trinajstić information content (AvgIpc) is 2.50. The smallest absolute Gasteiger partial charge is 0.294 e. The van der Waals surface area contributed by atoms with Crippen molar-refractivity contribution in [1.29, 1.82) is 0 Å². The number of hydrogen-bond donors (Lipinski definition) is 1. The van der Waals surface area contributed by atoms with Crippen molar-refractivity contribution in [2.24, 2.45) is 0 Å². The molecule has 0 fully saturated rings. The average molecular weight is 324 g/mol. The molecule has 1 rings (SSSR count). The molecular weight excluding hydrogens is 296 g/mol. The third kappa shape index (κ3) is 15.7. The Hall–Kier alpha value is -2.50. The molecule has 0 aromatic heterocycles. The molecule has 0 amide bonds. The highest BCUT2D eigenvalue weighted by molar-refractivity contribution is 5.49. The van der Waals surface area contributed by atoms with E-state index in [-0.39, 0.29) is 6.61 Å². The van der Waals surface area contributed by atoms with Gasteiger partial charge in [0.1, 0.15) is 5.75 Å². The second-order valence-corrected chi connectivity index (χ2v) is 4.10. The van der Waals surface area contributed by atoms with Crippen LogP contribution < -0.4 is 10.1 Å². The van der Waals surface area contributed by atoms with Crippen LogP contribution in [0.15, 0.2) is 49.2 Å². The number of nitrogens with one attached hydrogen (secondary N) is 1. The van der Waals surface area contributed by atoms with Crippen LogP contribution in [0.2, 0.25) is 0 Å². The van der Waals surface area contributed by atoms with Gasteiger partial charge in [0.25, 0.3) is 5.09 Å². The third-order valence-electron chi connectivity index (χ3n) is 1.97. The fourth-order valence-corrected chi connectivity index (χ4v) is 1.27. The highest BCUT2D eigenvalue weighted by Crippen LogP contribution is 2.16. The molecule has 0 saturated heterocycles. The molecule has 0 aliphatic carbocycles. The van der Waals surface area contributed by atoms with Gasteiger partial charge in [0, 0.05) is 17.8 Å². The lowest BCUT2D eigenvalue weighted by Gasteiger charge is -2.08. The molecule has 1 N–H and O–H groups in total. The molecule has 1 aromatic carbocycles. The number of nitrogens with zero attached hydrogens (tertiary/aromatic N) is 1. The molecule has 0 unspecified atom stereocenters. The molecule has 0 spiro atoms. The van der Waals surface area contributed by atoms with Crippen LogP contribution in [0.25, 0.3) is 0 Å². The number of benzene rings is 1. The monoisotopic (exact) mass is 324 g/mol. The second kappa shape index (κ2) is 15.9. The van der Waals surface area contributed by atoms with Crippen molar-refractivity contribution in [3.8, 4) is 5.75 Å². The largest absolute Gasteiger partial charge is 0.494 e. The van der Waals surface area contributed by atoms with E-state index in [2.05, 4.69) is 23.3 Å². The highest BCUT2D eigenvalue weighted by atomic mass is 16.9. The van der Waals surface area contributed by atoms with Gasteiger partial charge in [-0.25, -0.2) is 0 Å². The highest BCUT2D eigenvalue weighted by Gasteiger charge is 1.97. The van der Waals surface area contributed by atoms with E-state index in [1.54, 1.807) is 6.08 Å². The van der Waals surface area contributed by atoms with Crippen molar-refractivity contribution in [3.63, 3.8) is 0 Å². The summed E-state index contributed by atoms with van der Waals surface area (Å²) in [6, 6.07) is 7.38. The van der Waals surface area contributed by atoms with Crippen molar-refractivity contribution in [1.82, 2.24) is 0 Å². The molecule has 0 heterocycles. The first-order chi connectivity index (χ1) is 11.0. The molecule has 0 aliphatic heterocycles. The van der Waals surface area contributed by atoms with Crippen molar-refractivity contribution in [3.05, 3.63) is 59.3 Å². The van der Waals surface area contributed by atoms with Gasteiger partial charge >= 0.3 is 0 Å². The van der Waals surface area contributed by atoms with E-state index in [0.717, 1.165) is 11.4 Å². The van der Waals surface area contributed by atoms with Crippen LogP contribution in [0.5, 0.6) is 5.75 Å². The lowest BCUT2D eigenvalue weighted by Crippen LogP contribution is -2.06. The van der Waals surface area contributed by atoms with Crippen molar-refractivity contribution in [2.75, 3.05) is 18.5 Å². The Kier molecular flexibility index (Phi) is 15.7. The Labute approximate surface area is 138 Å². The zero-order valence-corrected chi connectivity index (χ0v) is 14.5. The summed E-state index contributed by atoms with van der Waals surface area (Å²) in [6.45, 7) is 15.3. The molecular formula is C17H28N2O4. The Bertz CT molecular complexity index is 444. The molecule has 130 valence electrons. The first-order valence-electron chi connectivity index (χ1n) is 7.49. The maximum atomic E-state index is 9.89. The minimum Gasteiger partial charge on any atom is -0.494 e. The summed E-state index contributed by atoms with van der Waals surface area (Å²) in [4.78, 5) is 14.1. The summed E-state index contributed by atoms with van der Waals surface area (Å²) in [5.74, 6) is 0.711. The zero-order chi connectivity index (χ0) is 18.1. The van der Waals surface area contributed by atoms with Crippen LogP contribution in [0, 0.1) is 10.1 Å². The summed E-state index contributed by atoms with van der Waals surface area (Å²) in [5, 5.41) is 12.2. The molecule has 1 aromatic rings. The van der Waals surface area contributed by atoms with Crippen LogP contribution in [-0.2, 0) is 4.84 Å². The minimum absolute atomic E-state index is 0.0439. The van der Waals surface area contributed by atoms with E-state index in [4.69, 9.17) is 4.74 Å². The van der Waals surface area contributed by atoms with E-state index in [9.17, 15) is 10.1 Å². The van der Waals surface area contributed by atoms with Crippen LogP contribution in [0.1, 0.15) is 34.1 Å². The molecule has 6 heteroatoms. The van der Waals surface area contributed by atoms with Gasteiger partial charge in [0.2, 0.25) is 0 Å². The Balaban J connectivity index is 0. The van der Waals surface area contributed by atoms with E-state index in [1.165, 1.54) is 0 Å². The number of ether oxygens (including phenoxy) is 1. The SMILES string of the molecule is C=C(C)Nc1ccc(OCCCO[N+](=O)[O-])cc1.C=CC.CC. The molecule has 0 atom stereocenters. The lowest BCUT2D eigenvalue weighted by atomic mass is 10.3. The summed E-state index contributed by atoms with van der Waals surface area (Å²) in [6.07, 6.45) is 2.22. The molecule has 0 saturated carbocycles. The number of rotatable bonds is 8. The molecule has 0 aliphatic rings. The van der Waals surface area contributed by atoms with Gasteiger partial charge in [-0.1, -0.05) is 26.5 Å². The third-order valence-corrected chi connectivity index (χ3v) is 1.97. The summed E-state index contributed by atoms with van der Waals surface area (Å²) >= 11 is 0. The number of anilines is 1. The van der Waals surface area contributed by atoms with E-state index >= 15 is 0 Å². The molecule has 6 nitrogen and oxygen atoms in total. The minimum atomic E-state index is -0.807. The molecule has 23 heavy (non-hydrogen) atoms. The maximum Gasteiger partial charge on any atom is 0.294 e. The van der Waals surface area contributed by atoms with Gasteiger partial charge < -0.3 is 14.9 Å². The molecule has 0 bridgehead atoms. The standard InChI is InChI=1S/C12H16N2O4.C3H6.C2H6/c1-10(2)13-11-4-6-12(7-5-11)17-8-3-9-18-14(15)16;1-3-2;1-2/h4-7,13H,1,3,8-9H2,2H3;3H,1H2,2H3;1-2H3. The van der Waals surface area contributed by atoms with Crippen LogP contribution in [0.4, 0.5) is 5.69 Å². The maximum absolute atomic E-state index is 9.89. The van der Waals surface area contributed by atoms with E-state index < -0.39 is 5.09 Å². The predicted molar refractivity (Wildman–Crippen MR) is 95.2 cm³/mol. The topological polar surface area (TPSA) is 73.6 Å². The Morgan fingerprint density at radius 2 is 1.83 bits per heavy atom.